The van der Waals surface area contributed by atoms with Gasteiger partial charge in [0.1, 0.15) is 16.8 Å². The summed E-state index contributed by atoms with van der Waals surface area (Å²) in [6.07, 6.45) is 1.85. The minimum Gasteiger partial charge on any atom is -0.497 e. The van der Waals surface area contributed by atoms with Gasteiger partial charge in [-0.15, -0.1) is 11.3 Å². The average Bonchev–Trinajstić information content (AvgIpc) is 3.11. The molecule has 0 atom stereocenters. The van der Waals surface area contributed by atoms with E-state index in [-0.39, 0.29) is 0 Å². The number of hydrogen-bond acceptors (Lipinski definition) is 4. The molecule has 0 fully saturated rings. The van der Waals surface area contributed by atoms with Crippen molar-refractivity contribution in [2.75, 3.05) is 7.11 Å². The smallest absolute Gasteiger partial charge is 0.134 e. The number of allylic oxidation sites excluding steroid dienone is 1. The fourth-order valence-electron chi connectivity index (χ4n) is 2.18. The SMILES string of the molecule is COc1cccc(-c2csc(/C(C#N)=C\c3ccc(Br)cc3)n2)c1. The molecule has 0 amide bonds. The molecule has 0 saturated heterocycles. The standard InChI is InChI=1S/C19H13BrN2OS/c1-23-17-4-2-3-14(10-17)18-12-24-19(22-18)15(11-21)9-13-5-7-16(20)8-6-13/h2-10,12H,1H3/b15-9-. The number of methoxy groups -OCH3 is 1. The lowest BCUT2D eigenvalue weighted by Gasteiger charge is -2.01. The van der Waals surface area contributed by atoms with Gasteiger partial charge in [-0.25, -0.2) is 4.98 Å². The summed E-state index contributed by atoms with van der Waals surface area (Å²) in [6.45, 7) is 0. The van der Waals surface area contributed by atoms with E-state index in [0.29, 0.717) is 10.6 Å². The van der Waals surface area contributed by atoms with E-state index in [9.17, 15) is 5.26 Å². The number of benzene rings is 2. The Bertz CT molecular complexity index is 923. The van der Waals surface area contributed by atoms with Crippen molar-refractivity contribution in [3.05, 3.63) is 69.0 Å². The maximum atomic E-state index is 9.48. The monoisotopic (exact) mass is 396 g/mol. The molecule has 0 N–H and O–H groups in total. The molecule has 0 bridgehead atoms. The van der Waals surface area contributed by atoms with Crippen LogP contribution >= 0.6 is 27.3 Å². The molecule has 0 unspecified atom stereocenters. The number of aromatic nitrogens is 1. The van der Waals surface area contributed by atoms with Crippen molar-refractivity contribution in [1.82, 2.24) is 4.98 Å². The highest BCUT2D eigenvalue weighted by atomic mass is 79.9. The van der Waals surface area contributed by atoms with Crippen LogP contribution in [0.1, 0.15) is 10.6 Å². The molecule has 1 heterocycles. The second-order valence-electron chi connectivity index (χ2n) is 4.99. The van der Waals surface area contributed by atoms with Gasteiger partial charge >= 0.3 is 0 Å². The molecule has 118 valence electrons. The van der Waals surface area contributed by atoms with Gasteiger partial charge in [0.25, 0.3) is 0 Å². The first-order chi connectivity index (χ1) is 11.7. The van der Waals surface area contributed by atoms with Crippen LogP contribution in [-0.4, -0.2) is 12.1 Å². The Balaban J connectivity index is 1.93. The molecular formula is C19H13BrN2OS. The summed E-state index contributed by atoms with van der Waals surface area (Å²) in [5.41, 5.74) is 3.33. The normalized spacial score (nSPS) is 11.1. The minimum absolute atomic E-state index is 0.552. The molecule has 0 aliphatic carbocycles. The van der Waals surface area contributed by atoms with Crippen LogP contribution in [0.3, 0.4) is 0 Å². The van der Waals surface area contributed by atoms with Gasteiger partial charge in [-0.2, -0.15) is 5.26 Å². The molecule has 3 aromatic rings. The second-order valence-corrected chi connectivity index (χ2v) is 6.77. The summed E-state index contributed by atoms with van der Waals surface area (Å²) in [7, 11) is 1.64. The number of rotatable bonds is 4. The number of nitrogens with zero attached hydrogens (tertiary/aromatic N) is 2. The Morgan fingerprint density at radius 2 is 2.04 bits per heavy atom. The summed E-state index contributed by atoms with van der Waals surface area (Å²) in [5, 5.41) is 12.1. The van der Waals surface area contributed by atoms with Crippen LogP contribution in [0.2, 0.25) is 0 Å². The first-order valence-corrected chi connectivity index (χ1v) is 8.84. The Morgan fingerprint density at radius 1 is 1.25 bits per heavy atom. The predicted octanol–water partition coefficient (Wildman–Crippen LogP) is 5.65. The summed E-state index contributed by atoms with van der Waals surface area (Å²) in [4.78, 5) is 4.60. The molecule has 0 aliphatic heterocycles. The third-order valence-electron chi connectivity index (χ3n) is 3.40. The van der Waals surface area contributed by atoms with Crippen LogP contribution in [0.15, 0.2) is 58.4 Å². The van der Waals surface area contributed by atoms with Gasteiger partial charge in [0.15, 0.2) is 0 Å². The highest BCUT2D eigenvalue weighted by molar-refractivity contribution is 9.10. The Labute approximate surface area is 153 Å². The van der Waals surface area contributed by atoms with E-state index in [1.807, 2.05) is 60.0 Å². The number of thiazole rings is 1. The van der Waals surface area contributed by atoms with Crippen LogP contribution < -0.4 is 4.74 Å². The zero-order valence-corrected chi connectivity index (χ0v) is 15.3. The van der Waals surface area contributed by atoms with Gasteiger partial charge in [0.2, 0.25) is 0 Å². The van der Waals surface area contributed by atoms with Gasteiger partial charge in [-0.05, 0) is 35.9 Å². The van der Waals surface area contributed by atoms with Gasteiger partial charge in [-0.3, -0.25) is 0 Å². The lowest BCUT2D eigenvalue weighted by molar-refractivity contribution is 0.415. The van der Waals surface area contributed by atoms with E-state index in [1.165, 1.54) is 11.3 Å². The van der Waals surface area contributed by atoms with E-state index < -0.39 is 0 Å². The summed E-state index contributed by atoms with van der Waals surface area (Å²) < 4.78 is 6.26. The Hall–Kier alpha value is -2.42. The average molecular weight is 397 g/mol. The largest absolute Gasteiger partial charge is 0.497 e. The van der Waals surface area contributed by atoms with Crippen LogP contribution in [0.4, 0.5) is 0 Å². The van der Waals surface area contributed by atoms with Gasteiger partial charge in [0.05, 0.1) is 18.4 Å². The molecule has 3 rings (SSSR count). The van der Waals surface area contributed by atoms with Crippen LogP contribution in [0.5, 0.6) is 5.75 Å². The first-order valence-electron chi connectivity index (χ1n) is 7.17. The van der Waals surface area contributed by atoms with E-state index in [0.717, 1.165) is 27.0 Å². The van der Waals surface area contributed by atoms with E-state index in [4.69, 9.17) is 4.74 Å². The zero-order chi connectivity index (χ0) is 16.9. The van der Waals surface area contributed by atoms with E-state index >= 15 is 0 Å². The molecular weight excluding hydrogens is 384 g/mol. The third kappa shape index (κ3) is 3.73. The van der Waals surface area contributed by atoms with Crippen molar-refractivity contribution in [3.63, 3.8) is 0 Å². The summed E-state index contributed by atoms with van der Waals surface area (Å²) >= 11 is 4.87. The molecule has 0 saturated carbocycles. The minimum atomic E-state index is 0.552. The van der Waals surface area contributed by atoms with Crippen LogP contribution in [-0.2, 0) is 0 Å². The van der Waals surface area contributed by atoms with Gasteiger partial charge < -0.3 is 4.74 Å². The van der Waals surface area contributed by atoms with Crippen molar-refractivity contribution in [2.45, 2.75) is 0 Å². The summed E-state index contributed by atoms with van der Waals surface area (Å²) in [6, 6.07) is 17.8. The molecule has 0 aliphatic rings. The van der Waals surface area contributed by atoms with Gasteiger partial charge in [-0.1, -0.05) is 40.2 Å². The number of nitriles is 1. The van der Waals surface area contributed by atoms with Gasteiger partial charge in [0, 0.05) is 15.4 Å². The molecule has 0 spiro atoms. The second kappa shape index (κ2) is 7.43. The highest BCUT2D eigenvalue weighted by Crippen LogP contribution is 2.29. The maximum Gasteiger partial charge on any atom is 0.134 e. The third-order valence-corrected chi connectivity index (χ3v) is 4.81. The lowest BCUT2D eigenvalue weighted by atomic mass is 10.1. The lowest BCUT2D eigenvalue weighted by Crippen LogP contribution is -1.85. The van der Waals surface area contributed by atoms with Crippen LogP contribution in [0, 0.1) is 11.3 Å². The maximum absolute atomic E-state index is 9.48. The molecule has 24 heavy (non-hydrogen) atoms. The molecule has 0 radical (unpaired) electrons. The Morgan fingerprint density at radius 3 is 2.75 bits per heavy atom. The highest BCUT2D eigenvalue weighted by Gasteiger charge is 2.09. The van der Waals surface area contributed by atoms with Crippen molar-refractivity contribution in [3.8, 4) is 23.1 Å². The fourth-order valence-corrected chi connectivity index (χ4v) is 3.24. The van der Waals surface area contributed by atoms with Crippen molar-refractivity contribution in [2.24, 2.45) is 0 Å². The predicted molar refractivity (Wildman–Crippen MR) is 102 cm³/mol. The van der Waals surface area contributed by atoms with Crippen molar-refractivity contribution in [1.29, 1.82) is 5.26 Å². The number of ether oxygens (including phenoxy) is 1. The number of halogens is 1. The first kappa shape index (κ1) is 16.4. The quantitative estimate of drug-likeness (QED) is 0.535. The Kier molecular flexibility index (Phi) is 5.09. The molecule has 5 heteroatoms. The van der Waals surface area contributed by atoms with E-state index in [1.54, 1.807) is 7.11 Å². The fraction of sp³-hybridized carbons (Fsp3) is 0.0526. The number of hydrogen-bond donors (Lipinski definition) is 0. The topological polar surface area (TPSA) is 45.9 Å². The summed E-state index contributed by atoms with van der Waals surface area (Å²) in [5.74, 6) is 0.785. The van der Waals surface area contributed by atoms with E-state index in [2.05, 4.69) is 27.0 Å². The molecule has 1 aromatic heterocycles. The molecule has 2 aromatic carbocycles. The molecule has 3 nitrogen and oxygen atoms in total. The van der Waals surface area contributed by atoms with Crippen molar-refractivity contribution < 1.29 is 4.74 Å². The van der Waals surface area contributed by atoms with Crippen molar-refractivity contribution >= 4 is 38.9 Å². The van der Waals surface area contributed by atoms with Crippen LogP contribution in [0.25, 0.3) is 22.9 Å². The zero-order valence-electron chi connectivity index (χ0n) is 12.9.